The molecule has 3 aromatic heterocycles. The zero-order chi connectivity index (χ0) is 21.8. The van der Waals surface area contributed by atoms with Crippen LogP contribution in [0.5, 0.6) is 11.5 Å². The zero-order valence-electron chi connectivity index (χ0n) is 16.9. The molecule has 2 radical (unpaired) electrons. The number of hydrogen-bond acceptors (Lipinski definition) is 7. The summed E-state index contributed by atoms with van der Waals surface area (Å²) in [6.45, 7) is 1.80. The Kier molecular flexibility index (Phi) is 6.46. The summed E-state index contributed by atoms with van der Waals surface area (Å²) in [6, 6.07) is 12.1. The number of anilines is 1. The van der Waals surface area contributed by atoms with E-state index in [1.54, 1.807) is 30.3 Å². The van der Waals surface area contributed by atoms with Crippen LogP contribution in [0.1, 0.15) is 5.56 Å². The van der Waals surface area contributed by atoms with Crippen molar-refractivity contribution in [2.45, 2.75) is 6.54 Å². The van der Waals surface area contributed by atoms with Crippen LogP contribution in [-0.2, 0) is 11.3 Å². The Morgan fingerprint density at radius 3 is 2.77 bits per heavy atom. The average Bonchev–Trinajstić information content (AvgIpc) is 3.21. The fourth-order valence-electron chi connectivity index (χ4n) is 3.01. The maximum atomic E-state index is 13.8. The molecular weight excluding hydrogens is 414 g/mol. The SMILES string of the molecule is [B]N(CCOC)Cc1ccc(-c2cc3nccc(Oc4ccc(N)c(F)c4)c3s2)nc1. The van der Waals surface area contributed by atoms with Crippen molar-refractivity contribution in [1.29, 1.82) is 0 Å². The summed E-state index contributed by atoms with van der Waals surface area (Å²) in [5.74, 6) is 0.452. The highest BCUT2D eigenvalue weighted by Gasteiger charge is 2.13. The highest BCUT2D eigenvalue weighted by Crippen LogP contribution is 2.38. The standard InChI is InChI=1S/C22H20BFN4O2S/c1-29-9-8-28(23)13-14-2-5-18(27-12-14)21-11-19-22(31-21)20(6-7-26-19)30-15-3-4-17(25)16(24)10-15/h2-7,10-12H,8-9,13,25H2,1H3. The number of benzene rings is 1. The first-order valence-electron chi connectivity index (χ1n) is 9.59. The van der Waals surface area contributed by atoms with Crippen molar-refractivity contribution in [1.82, 2.24) is 14.8 Å². The van der Waals surface area contributed by atoms with E-state index in [9.17, 15) is 4.39 Å². The van der Waals surface area contributed by atoms with Gasteiger partial charge in [-0.15, -0.1) is 11.3 Å². The summed E-state index contributed by atoms with van der Waals surface area (Å²) in [4.78, 5) is 11.6. The van der Waals surface area contributed by atoms with Crippen molar-refractivity contribution in [3.8, 4) is 22.1 Å². The minimum absolute atomic E-state index is 0.0802. The lowest BCUT2D eigenvalue weighted by molar-refractivity contribution is 0.179. The highest BCUT2D eigenvalue weighted by molar-refractivity contribution is 7.22. The molecule has 0 atom stereocenters. The van der Waals surface area contributed by atoms with Gasteiger partial charge in [0.2, 0.25) is 0 Å². The van der Waals surface area contributed by atoms with Gasteiger partial charge in [0.15, 0.2) is 7.98 Å². The lowest BCUT2D eigenvalue weighted by atomic mass is 10.2. The molecule has 0 saturated heterocycles. The lowest BCUT2D eigenvalue weighted by Crippen LogP contribution is -2.23. The molecule has 9 heteroatoms. The second-order valence-electron chi connectivity index (χ2n) is 6.93. The first-order chi connectivity index (χ1) is 15.0. The van der Waals surface area contributed by atoms with E-state index < -0.39 is 5.82 Å². The van der Waals surface area contributed by atoms with Crippen molar-refractivity contribution in [2.24, 2.45) is 0 Å². The predicted molar refractivity (Wildman–Crippen MR) is 122 cm³/mol. The number of nitrogens with two attached hydrogens (primary N) is 1. The average molecular weight is 434 g/mol. The molecule has 0 aliphatic rings. The highest BCUT2D eigenvalue weighted by atomic mass is 32.1. The van der Waals surface area contributed by atoms with Gasteiger partial charge in [-0.2, -0.15) is 0 Å². The smallest absolute Gasteiger partial charge is 0.183 e. The normalized spacial score (nSPS) is 11.3. The fourth-order valence-corrected chi connectivity index (χ4v) is 4.05. The first kappa shape index (κ1) is 21.2. The van der Waals surface area contributed by atoms with Crippen LogP contribution < -0.4 is 10.5 Å². The van der Waals surface area contributed by atoms with Gasteiger partial charge in [-0.05, 0) is 29.8 Å². The van der Waals surface area contributed by atoms with Gasteiger partial charge in [-0.25, -0.2) is 4.39 Å². The summed E-state index contributed by atoms with van der Waals surface area (Å²) in [6.07, 6.45) is 3.47. The molecule has 2 N–H and O–H groups in total. The molecule has 1 aromatic carbocycles. The van der Waals surface area contributed by atoms with Crippen LogP contribution in [-0.4, -0.2) is 43.0 Å². The third-order valence-electron chi connectivity index (χ3n) is 4.62. The van der Waals surface area contributed by atoms with Gasteiger partial charge in [0, 0.05) is 44.7 Å². The molecule has 0 unspecified atom stereocenters. The van der Waals surface area contributed by atoms with Crippen molar-refractivity contribution in [2.75, 3.05) is 26.0 Å². The second kappa shape index (κ2) is 9.42. The quantitative estimate of drug-likeness (QED) is 0.327. The minimum atomic E-state index is -0.516. The number of hydrogen-bond donors (Lipinski definition) is 1. The van der Waals surface area contributed by atoms with Crippen LogP contribution in [0.2, 0.25) is 0 Å². The van der Waals surface area contributed by atoms with E-state index in [-0.39, 0.29) is 5.69 Å². The van der Waals surface area contributed by atoms with Gasteiger partial charge in [-0.3, -0.25) is 9.97 Å². The van der Waals surface area contributed by atoms with E-state index >= 15 is 0 Å². The van der Waals surface area contributed by atoms with Crippen LogP contribution in [0.4, 0.5) is 10.1 Å². The van der Waals surface area contributed by atoms with Crippen molar-refractivity contribution < 1.29 is 13.9 Å². The van der Waals surface area contributed by atoms with Crippen molar-refractivity contribution in [3.05, 3.63) is 66.2 Å². The van der Waals surface area contributed by atoms with Crippen LogP contribution in [0.15, 0.2) is 54.9 Å². The number of methoxy groups -OCH3 is 1. The Balaban J connectivity index is 1.55. The summed E-state index contributed by atoms with van der Waals surface area (Å²) in [7, 11) is 7.61. The molecule has 0 saturated carbocycles. The molecule has 0 bridgehead atoms. The number of halogens is 1. The third kappa shape index (κ3) is 5.01. The Morgan fingerprint density at radius 1 is 1.16 bits per heavy atom. The molecule has 3 heterocycles. The van der Waals surface area contributed by atoms with E-state index in [2.05, 4.69) is 9.97 Å². The van der Waals surface area contributed by atoms with Gasteiger partial charge >= 0.3 is 0 Å². The summed E-state index contributed by atoms with van der Waals surface area (Å²) < 4.78 is 25.5. The van der Waals surface area contributed by atoms with Crippen LogP contribution in [0.25, 0.3) is 20.8 Å². The van der Waals surface area contributed by atoms with Crippen LogP contribution in [0, 0.1) is 5.82 Å². The largest absolute Gasteiger partial charge is 0.456 e. The van der Waals surface area contributed by atoms with E-state index in [1.165, 1.54) is 23.5 Å². The Morgan fingerprint density at radius 2 is 2.03 bits per heavy atom. The van der Waals surface area contributed by atoms with E-state index in [4.69, 9.17) is 23.2 Å². The number of pyridine rings is 2. The van der Waals surface area contributed by atoms with E-state index in [0.717, 1.165) is 26.4 Å². The monoisotopic (exact) mass is 434 g/mol. The summed E-state index contributed by atoms with van der Waals surface area (Å²) in [5, 5.41) is 0. The van der Waals surface area contributed by atoms with Gasteiger partial charge < -0.3 is 20.0 Å². The molecule has 0 aliphatic carbocycles. The number of nitrogen functional groups attached to an aromatic ring is 1. The van der Waals surface area contributed by atoms with Gasteiger partial charge in [0.05, 0.1) is 33.1 Å². The first-order valence-corrected chi connectivity index (χ1v) is 10.4. The Labute approximate surface area is 184 Å². The molecule has 4 aromatic rings. The summed E-state index contributed by atoms with van der Waals surface area (Å²) >= 11 is 1.51. The maximum Gasteiger partial charge on any atom is 0.183 e. The van der Waals surface area contributed by atoms with E-state index in [0.29, 0.717) is 31.2 Å². The number of ether oxygens (including phenoxy) is 2. The molecule has 0 spiro atoms. The third-order valence-corrected chi connectivity index (χ3v) is 5.78. The Bertz CT molecular complexity index is 1190. The van der Waals surface area contributed by atoms with Crippen molar-refractivity contribution in [3.63, 3.8) is 0 Å². The number of thiophene rings is 1. The molecule has 31 heavy (non-hydrogen) atoms. The number of aromatic nitrogens is 2. The number of fused-ring (bicyclic) bond motifs is 1. The van der Waals surface area contributed by atoms with Crippen LogP contribution in [0.3, 0.4) is 0 Å². The lowest BCUT2D eigenvalue weighted by Gasteiger charge is -2.16. The second-order valence-corrected chi connectivity index (χ2v) is 7.99. The predicted octanol–water partition coefficient (Wildman–Crippen LogP) is 4.40. The topological polar surface area (TPSA) is 73.5 Å². The fraction of sp³-hybridized carbons (Fsp3) is 0.182. The minimum Gasteiger partial charge on any atom is -0.456 e. The molecular formula is C22H20BFN4O2S. The molecule has 6 nitrogen and oxygen atoms in total. The Hall–Kier alpha value is -3.01. The molecule has 156 valence electrons. The molecule has 0 fully saturated rings. The van der Waals surface area contributed by atoms with Gasteiger partial charge in [0.25, 0.3) is 0 Å². The zero-order valence-corrected chi connectivity index (χ0v) is 17.7. The van der Waals surface area contributed by atoms with Gasteiger partial charge in [-0.1, -0.05) is 6.07 Å². The van der Waals surface area contributed by atoms with Crippen LogP contribution >= 0.6 is 11.3 Å². The maximum absolute atomic E-state index is 13.8. The molecule has 0 amide bonds. The number of nitrogens with zero attached hydrogens (tertiary/aromatic N) is 3. The van der Waals surface area contributed by atoms with Gasteiger partial charge in [0.1, 0.15) is 17.3 Å². The number of rotatable bonds is 8. The van der Waals surface area contributed by atoms with E-state index in [1.807, 2.05) is 24.4 Å². The summed E-state index contributed by atoms with van der Waals surface area (Å²) in [5.41, 5.74) is 8.24. The molecule has 0 aliphatic heterocycles. The molecule has 4 rings (SSSR count). The van der Waals surface area contributed by atoms with Crippen molar-refractivity contribution >= 4 is 35.2 Å².